The molecule has 8 heteroatoms. The normalized spacial score (nSPS) is 19.2. The Bertz CT molecular complexity index is 488. The number of carbonyl (C=O) groups excluding carboxylic acids is 2. The van der Waals surface area contributed by atoms with Crippen LogP contribution in [0.4, 0.5) is 0 Å². The zero-order valence-corrected chi connectivity index (χ0v) is 14.5. The first kappa shape index (κ1) is 21.6. The molecule has 1 aliphatic carbocycles. The Morgan fingerprint density at radius 2 is 1.96 bits per heavy atom. The van der Waals surface area contributed by atoms with Crippen LogP contribution in [-0.4, -0.2) is 35.9 Å². The minimum atomic E-state index is -0.185. The van der Waals surface area contributed by atoms with Crippen molar-refractivity contribution < 1.29 is 9.59 Å². The third kappa shape index (κ3) is 7.16. The number of pyridine rings is 1. The van der Waals surface area contributed by atoms with Gasteiger partial charge in [-0.15, -0.1) is 24.8 Å². The van der Waals surface area contributed by atoms with Crippen molar-refractivity contribution in [3.8, 4) is 0 Å². The second kappa shape index (κ2) is 11.2. The first-order valence-corrected chi connectivity index (χ1v) is 7.37. The fraction of sp³-hybridized carbons (Fsp3) is 0.533. The Labute approximate surface area is 148 Å². The maximum absolute atomic E-state index is 11.8. The highest BCUT2D eigenvalue weighted by Crippen LogP contribution is 2.26. The molecule has 0 spiro atoms. The van der Waals surface area contributed by atoms with Crippen molar-refractivity contribution in [2.45, 2.75) is 31.7 Å². The number of halogens is 2. The Hall–Kier alpha value is -1.37. The molecule has 6 nitrogen and oxygen atoms in total. The second-order valence-corrected chi connectivity index (χ2v) is 5.41. The van der Waals surface area contributed by atoms with Gasteiger partial charge in [-0.1, -0.05) is 6.42 Å². The van der Waals surface area contributed by atoms with Crippen LogP contribution in [0.2, 0.25) is 0 Å². The summed E-state index contributed by atoms with van der Waals surface area (Å²) in [7, 11) is 0. The molecule has 0 radical (unpaired) electrons. The molecule has 0 unspecified atom stereocenters. The molecule has 1 heterocycles. The number of carbonyl (C=O) groups is 2. The molecule has 130 valence electrons. The van der Waals surface area contributed by atoms with Crippen LogP contribution in [0.15, 0.2) is 24.5 Å². The molecular weight excluding hydrogens is 339 g/mol. The van der Waals surface area contributed by atoms with Gasteiger partial charge in [-0.25, -0.2) is 0 Å². The number of aromatic nitrogens is 1. The van der Waals surface area contributed by atoms with Crippen LogP contribution < -0.4 is 16.4 Å². The van der Waals surface area contributed by atoms with Crippen LogP contribution in [-0.2, 0) is 4.79 Å². The van der Waals surface area contributed by atoms with Gasteiger partial charge in [-0.2, -0.15) is 0 Å². The molecule has 2 atom stereocenters. The predicted octanol–water partition coefficient (Wildman–Crippen LogP) is 1.29. The summed E-state index contributed by atoms with van der Waals surface area (Å²) in [5.41, 5.74) is 6.46. The average Bonchev–Trinajstić information content (AvgIpc) is 2.89. The summed E-state index contributed by atoms with van der Waals surface area (Å²) >= 11 is 0. The van der Waals surface area contributed by atoms with Gasteiger partial charge in [0.2, 0.25) is 5.91 Å². The van der Waals surface area contributed by atoms with Crippen molar-refractivity contribution in [2.75, 3.05) is 13.1 Å². The first-order chi connectivity index (χ1) is 10.2. The molecule has 0 aromatic carbocycles. The van der Waals surface area contributed by atoms with Crippen LogP contribution in [0.5, 0.6) is 0 Å². The summed E-state index contributed by atoms with van der Waals surface area (Å²) in [5, 5.41) is 5.55. The van der Waals surface area contributed by atoms with E-state index in [0.717, 1.165) is 19.3 Å². The highest BCUT2D eigenvalue weighted by atomic mass is 35.5. The number of nitrogens with one attached hydrogen (secondary N) is 2. The zero-order valence-electron chi connectivity index (χ0n) is 12.9. The average molecular weight is 363 g/mol. The largest absolute Gasteiger partial charge is 0.354 e. The minimum Gasteiger partial charge on any atom is -0.354 e. The second-order valence-electron chi connectivity index (χ2n) is 5.41. The van der Waals surface area contributed by atoms with Gasteiger partial charge < -0.3 is 16.4 Å². The standard InChI is InChI=1S/C15H22N4O2.2ClH/c16-13-5-1-3-11(13)9-14(20)18-7-8-19-15(21)12-4-2-6-17-10-12;;/h2,4,6,10-11,13H,1,3,5,7-9,16H2,(H,18,20)(H,19,21);2*1H/t11-,13+;;/m0../s1. The molecule has 0 bridgehead atoms. The monoisotopic (exact) mass is 362 g/mol. The van der Waals surface area contributed by atoms with Gasteiger partial charge in [0.1, 0.15) is 0 Å². The predicted molar refractivity (Wildman–Crippen MR) is 94.0 cm³/mol. The molecule has 1 aromatic heterocycles. The van der Waals surface area contributed by atoms with Crippen LogP contribution in [0.25, 0.3) is 0 Å². The molecule has 0 saturated heterocycles. The van der Waals surface area contributed by atoms with Crippen molar-refractivity contribution in [3.63, 3.8) is 0 Å². The van der Waals surface area contributed by atoms with E-state index in [1.807, 2.05) is 0 Å². The van der Waals surface area contributed by atoms with Crippen molar-refractivity contribution in [2.24, 2.45) is 11.7 Å². The van der Waals surface area contributed by atoms with Crippen LogP contribution >= 0.6 is 24.8 Å². The summed E-state index contributed by atoms with van der Waals surface area (Å²) in [6.07, 6.45) is 6.77. The van der Waals surface area contributed by atoms with Crippen molar-refractivity contribution in [3.05, 3.63) is 30.1 Å². The summed E-state index contributed by atoms with van der Waals surface area (Å²) < 4.78 is 0. The van der Waals surface area contributed by atoms with E-state index >= 15 is 0 Å². The SMILES string of the molecule is Cl.Cl.N[C@@H]1CCC[C@H]1CC(=O)NCCNC(=O)c1cccnc1. The number of hydrogen-bond acceptors (Lipinski definition) is 4. The highest BCUT2D eigenvalue weighted by Gasteiger charge is 2.25. The zero-order chi connectivity index (χ0) is 15.1. The van der Waals surface area contributed by atoms with Gasteiger partial charge in [-0.3, -0.25) is 14.6 Å². The molecule has 1 aromatic rings. The summed E-state index contributed by atoms with van der Waals surface area (Å²) in [6.45, 7) is 0.822. The van der Waals surface area contributed by atoms with E-state index in [-0.39, 0.29) is 42.7 Å². The molecule has 23 heavy (non-hydrogen) atoms. The van der Waals surface area contributed by atoms with E-state index in [1.165, 1.54) is 6.20 Å². The number of nitrogens with zero attached hydrogens (tertiary/aromatic N) is 1. The third-order valence-electron chi connectivity index (χ3n) is 3.82. The molecule has 2 rings (SSSR count). The lowest BCUT2D eigenvalue weighted by Crippen LogP contribution is -2.36. The number of nitrogens with two attached hydrogens (primary N) is 1. The van der Waals surface area contributed by atoms with E-state index in [2.05, 4.69) is 15.6 Å². The summed E-state index contributed by atoms with van der Waals surface area (Å²) in [6, 6.07) is 3.56. The maximum atomic E-state index is 11.8. The van der Waals surface area contributed by atoms with E-state index < -0.39 is 0 Å². The molecule has 0 aliphatic heterocycles. The van der Waals surface area contributed by atoms with Gasteiger partial charge >= 0.3 is 0 Å². The number of amides is 2. The Morgan fingerprint density at radius 3 is 2.57 bits per heavy atom. The molecule has 2 amide bonds. The van der Waals surface area contributed by atoms with E-state index in [4.69, 9.17) is 5.73 Å². The summed E-state index contributed by atoms with van der Waals surface area (Å²) in [5.74, 6) is 0.123. The van der Waals surface area contributed by atoms with Gasteiger partial charge in [-0.05, 0) is 30.9 Å². The Kier molecular flexibility index (Phi) is 10.5. The van der Waals surface area contributed by atoms with Gasteiger partial charge in [0, 0.05) is 37.9 Å². The lowest BCUT2D eigenvalue weighted by atomic mass is 10.00. The third-order valence-corrected chi connectivity index (χ3v) is 3.82. The van der Waals surface area contributed by atoms with E-state index in [1.54, 1.807) is 18.3 Å². The van der Waals surface area contributed by atoms with Gasteiger partial charge in [0.15, 0.2) is 0 Å². The smallest absolute Gasteiger partial charge is 0.252 e. The molecule has 4 N–H and O–H groups in total. The molecule has 1 fully saturated rings. The molecule has 1 saturated carbocycles. The first-order valence-electron chi connectivity index (χ1n) is 7.37. The van der Waals surface area contributed by atoms with Crippen LogP contribution in [0.3, 0.4) is 0 Å². The van der Waals surface area contributed by atoms with E-state index in [0.29, 0.717) is 31.0 Å². The minimum absolute atomic E-state index is 0. The van der Waals surface area contributed by atoms with Crippen LogP contribution in [0, 0.1) is 5.92 Å². The topological polar surface area (TPSA) is 97.1 Å². The molecule has 1 aliphatic rings. The maximum Gasteiger partial charge on any atom is 0.252 e. The fourth-order valence-electron chi connectivity index (χ4n) is 2.61. The van der Waals surface area contributed by atoms with Gasteiger partial charge in [0.05, 0.1) is 5.56 Å². The fourth-order valence-corrected chi connectivity index (χ4v) is 2.61. The van der Waals surface area contributed by atoms with Crippen molar-refractivity contribution >= 4 is 36.6 Å². The quantitative estimate of drug-likeness (QED) is 0.664. The lowest BCUT2D eigenvalue weighted by Gasteiger charge is -2.14. The number of hydrogen-bond donors (Lipinski definition) is 3. The van der Waals surface area contributed by atoms with E-state index in [9.17, 15) is 9.59 Å². The highest BCUT2D eigenvalue weighted by molar-refractivity contribution is 5.93. The van der Waals surface area contributed by atoms with Gasteiger partial charge in [0.25, 0.3) is 5.91 Å². The Balaban J connectivity index is 0.00000242. The van der Waals surface area contributed by atoms with Crippen LogP contribution in [0.1, 0.15) is 36.0 Å². The van der Waals surface area contributed by atoms with Crippen molar-refractivity contribution in [1.82, 2.24) is 15.6 Å². The summed E-state index contributed by atoms with van der Waals surface area (Å²) in [4.78, 5) is 27.4. The number of rotatable bonds is 6. The van der Waals surface area contributed by atoms with Crippen molar-refractivity contribution in [1.29, 1.82) is 0 Å². The molecular formula is C15H24Cl2N4O2. The lowest BCUT2D eigenvalue weighted by molar-refractivity contribution is -0.122. The Morgan fingerprint density at radius 1 is 1.22 bits per heavy atom.